The zero-order chi connectivity index (χ0) is 13.1. The largest absolute Gasteiger partial charge is 0.573 e. The highest BCUT2D eigenvalue weighted by Crippen LogP contribution is 2.27. The van der Waals surface area contributed by atoms with Gasteiger partial charge in [-0.15, -0.1) is 13.2 Å². The van der Waals surface area contributed by atoms with Crippen molar-refractivity contribution in [3.63, 3.8) is 0 Å². The fourth-order valence-corrected chi connectivity index (χ4v) is 1.31. The maximum Gasteiger partial charge on any atom is 0.573 e. The molecule has 1 aromatic carbocycles. The number of alkyl halides is 3. The second-order valence-electron chi connectivity index (χ2n) is 4.16. The highest BCUT2D eigenvalue weighted by molar-refractivity contribution is 5.33. The van der Waals surface area contributed by atoms with Gasteiger partial charge in [-0.1, -0.05) is 18.2 Å². The van der Waals surface area contributed by atoms with Crippen molar-refractivity contribution in [2.24, 2.45) is 0 Å². The van der Waals surface area contributed by atoms with Crippen LogP contribution in [0.2, 0.25) is 0 Å². The van der Waals surface area contributed by atoms with Gasteiger partial charge in [0.05, 0.1) is 0 Å². The molecular weight excluding hydrogens is 231 g/mol. The van der Waals surface area contributed by atoms with Gasteiger partial charge in [-0.3, -0.25) is 4.90 Å². The summed E-state index contributed by atoms with van der Waals surface area (Å²) in [4.78, 5) is 1.94. The molecule has 0 radical (unpaired) electrons. The summed E-state index contributed by atoms with van der Waals surface area (Å²) in [7, 11) is 1.86. The molecule has 1 rings (SSSR count). The minimum Gasteiger partial charge on any atom is -0.405 e. The van der Waals surface area contributed by atoms with E-state index in [4.69, 9.17) is 0 Å². The van der Waals surface area contributed by atoms with Crippen molar-refractivity contribution < 1.29 is 17.9 Å². The number of hydrogen-bond acceptors (Lipinski definition) is 2. The Morgan fingerprint density at radius 2 is 1.82 bits per heavy atom. The molecule has 0 aliphatic carbocycles. The van der Waals surface area contributed by atoms with Crippen molar-refractivity contribution in [3.05, 3.63) is 29.8 Å². The van der Waals surface area contributed by atoms with Gasteiger partial charge >= 0.3 is 6.36 Å². The van der Waals surface area contributed by atoms with Gasteiger partial charge in [0.25, 0.3) is 0 Å². The van der Waals surface area contributed by atoms with Gasteiger partial charge in [0.2, 0.25) is 0 Å². The normalized spacial score (nSPS) is 12.2. The van der Waals surface area contributed by atoms with Crippen molar-refractivity contribution in [1.29, 1.82) is 0 Å². The average Bonchev–Trinajstić information content (AvgIpc) is 2.18. The maximum atomic E-state index is 12.2. The molecule has 0 aliphatic rings. The van der Waals surface area contributed by atoms with Crippen molar-refractivity contribution in [2.75, 3.05) is 7.05 Å². The van der Waals surface area contributed by atoms with Gasteiger partial charge in [0, 0.05) is 18.2 Å². The monoisotopic (exact) mass is 247 g/mol. The predicted molar refractivity (Wildman–Crippen MR) is 59.7 cm³/mol. The van der Waals surface area contributed by atoms with Gasteiger partial charge < -0.3 is 4.74 Å². The van der Waals surface area contributed by atoms with Crippen LogP contribution in [0.25, 0.3) is 0 Å². The molecule has 96 valence electrons. The molecule has 0 saturated heterocycles. The number of hydrogen-bond donors (Lipinski definition) is 0. The lowest BCUT2D eigenvalue weighted by Gasteiger charge is -2.22. The third kappa shape index (κ3) is 4.65. The molecule has 0 saturated carbocycles. The van der Waals surface area contributed by atoms with Gasteiger partial charge in [-0.25, -0.2) is 0 Å². The molecule has 0 fully saturated rings. The molecule has 0 heterocycles. The van der Waals surface area contributed by atoms with Crippen LogP contribution in [-0.4, -0.2) is 24.4 Å². The number of benzene rings is 1. The first-order valence-corrected chi connectivity index (χ1v) is 5.33. The van der Waals surface area contributed by atoms with Crippen LogP contribution in [0.3, 0.4) is 0 Å². The van der Waals surface area contributed by atoms with Crippen molar-refractivity contribution in [3.8, 4) is 5.75 Å². The summed E-state index contributed by atoms with van der Waals surface area (Å²) in [6, 6.07) is 6.46. The quantitative estimate of drug-likeness (QED) is 0.808. The highest BCUT2D eigenvalue weighted by Gasteiger charge is 2.32. The van der Waals surface area contributed by atoms with Crippen LogP contribution >= 0.6 is 0 Å². The molecule has 0 amide bonds. The Labute approximate surface area is 99.0 Å². The Morgan fingerprint density at radius 3 is 2.35 bits per heavy atom. The van der Waals surface area contributed by atoms with Crippen LogP contribution in [-0.2, 0) is 6.54 Å². The first kappa shape index (κ1) is 13.8. The van der Waals surface area contributed by atoms with E-state index in [1.807, 2.05) is 25.8 Å². The Hall–Kier alpha value is -1.23. The molecule has 0 bridgehead atoms. The van der Waals surface area contributed by atoms with E-state index in [-0.39, 0.29) is 11.8 Å². The zero-order valence-electron chi connectivity index (χ0n) is 10.1. The van der Waals surface area contributed by atoms with Crippen LogP contribution in [0.5, 0.6) is 5.75 Å². The number of ether oxygens (including phenoxy) is 1. The Balaban J connectivity index is 2.85. The van der Waals surface area contributed by atoms with Crippen molar-refractivity contribution >= 4 is 0 Å². The second kappa shape index (κ2) is 5.40. The summed E-state index contributed by atoms with van der Waals surface area (Å²) in [6.45, 7) is 4.38. The number of para-hydroxylation sites is 1. The standard InChI is InChI=1S/C12H16F3NO/c1-9(2)16(3)8-10-6-4-5-7-11(10)17-12(13,14)15/h4-7,9H,8H2,1-3H3. The third-order valence-corrected chi connectivity index (χ3v) is 2.50. The van der Waals surface area contributed by atoms with Gasteiger partial charge in [0.15, 0.2) is 0 Å². The van der Waals surface area contributed by atoms with Crippen molar-refractivity contribution in [1.82, 2.24) is 4.90 Å². The third-order valence-electron chi connectivity index (χ3n) is 2.50. The summed E-state index contributed by atoms with van der Waals surface area (Å²) in [5.74, 6) is -0.132. The molecule has 0 aliphatic heterocycles. The van der Waals surface area contributed by atoms with E-state index >= 15 is 0 Å². The molecule has 0 spiro atoms. The van der Waals surface area contributed by atoms with E-state index in [9.17, 15) is 13.2 Å². The van der Waals surface area contributed by atoms with Gasteiger partial charge in [-0.05, 0) is 27.0 Å². The van der Waals surface area contributed by atoms with Crippen molar-refractivity contribution in [2.45, 2.75) is 32.8 Å². The lowest BCUT2D eigenvalue weighted by Crippen LogP contribution is -2.26. The molecule has 5 heteroatoms. The number of halogens is 3. The van der Waals surface area contributed by atoms with E-state index < -0.39 is 6.36 Å². The van der Waals surface area contributed by atoms with Crippen LogP contribution < -0.4 is 4.74 Å². The molecule has 0 atom stereocenters. The van der Waals surface area contributed by atoms with Crippen LogP contribution in [0.1, 0.15) is 19.4 Å². The van der Waals surface area contributed by atoms with E-state index in [2.05, 4.69) is 4.74 Å². The maximum absolute atomic E-state index is 12.2. The minimum absolute atomic E-state index is 0.132. The number of nitrogens with zero attached hydrogens (tertiary/aromatic N) is 1. The predicted octanol–water partition coefficient (Wildman–Crippen LogP) is 3.43. The first-order valence-electron chi connectivity index (χ1n) is 5.33. The zero-order valence-corrected chi connectivity index (χ0v) is 10.1. The van der Waals surface area contributed by atoms with Crippen LogP contribution in [0, 0.1) is 0 Å². The second-order valence-corrected chi connectivity index (χ2v) is 4.16. The Bertz CT molecular complexity index is 363. The van der Waals surface area contributed by atoms with Crippen LogP contribution in [0.4, 0.5) is 13.2 Å². The average molecular weight is 247 g/mol. The molecule has 0 N–H and O–H groups in total. The summed E-state index contributed by atoms with van der Waals surface area (Å²) in [5, 5.41) is 0. The SMILES string of the molecule is CC(C)N(C)Cc1ccccc1OC(F)(F)F. The summed E-state index contributed by atoms with van der Waals surface area (Å²) in [6.07, 6.45) is -4.65. The summed E-state index contributed by atoms with van der Waals surface area (Å²) < 4.78 is 40.5. The Morgan fingerprint density at radius 1 is 1.24 bits per heavy atom. The summed E-state index contributed by atoms with van der Waals surface area (Å²) >= 11 is 0. The summed E-state index contributed by atoms with van der Waals surface area (Å²) in [5.41, 5.74) is 0.529. The van der Waals surface area contributed by atoms with E-state index in [1.165, 1.54) is 12.1 Å². The molecule has 1 aromatic rings. The van der Waals surface area contributed by atoms with Gasteiger partial charge in [-0.2, -0.15) is 0 Å². The molecule has 17 heavy (non-hydrogen) atoms. The number of rotatable bonds is 4. The molecular formula is C12H16F3NO. The topological polar surface area (TPSA) is 12.5 Å². The fourth-order valence-electron chi connectivity index (χ4n) is 1.31. The smallest absolute Gasteiger partial charge is 0.405 e. The first-order chi connectivity index (χ1) is 7.79. The van der Waals surface area contributed by atoms with E-state index in [0.717, 1.165) is 0 Å². The lowest BCUT2D eigenvalue weighted by atomic mass is 10.2. The molecule has 0 aromatic heterocycles. The van der Waals surface area contributed by atoms with Crippen LogP contribution in [0.15, 0.2) is 24.3 Å². The molecule has 0 unspecified atom stereocenters. The lowest BCUT2D eigenvalue weighted by molar-refractivity contribution is -0.275. The Kier molecular flexibility index (Phi) is 4.40. The van der Waals surface area contributed by atoms with E-state index in [1.54, 1.807) is 12.1 Å². The fraction of sp³-hybridized carbons (Fsp3) is 0.500. The highest BCUT2D eigenvalue weighted by atomic mass is 19.4. The molecule has 2 nitrogen and oxygen atoms in total. The van der Waals surface area contributed by atoms with Gasteiger partial charge in [0.1, 0.15) is 5.75 Å². The van der Waals surface area contributed by atoms with E-state index in [0.29, 0.717) is 12.1 Å². The minimum atomic E-state index is -4.65.